The number of aliphatic imine (C=N–C) groups is 1. The fourth-order valence-corrected chi connectivity index (χ4v) is 3.30. The lowest BCUT2D eigenvalue weighted by Crippen LogP contribution is -2.14. The van der Waals surface area contributed by atoms with Crippen LogP contribution in [0.1, 0.15) is 23.6 Å². The molecule has 4 heteroatoms. The Hall–Kier alpha value is -2.46. The van der Waals surface area contributed by atoms with Gasteiger partial charge in [0.2, 0.25) is 0 Å². The summed E-state index contributed by atoms with van der Waals surface area (Å²) in [6.45, 7) is 0. The van der Waals surface area contributed by atoms with Gasteiger partial charge >= 0.3 is 0 Å². The molecular formula is C21H16BrFN2. The van der Waals surface area contributed by atoms with Gasteiger partial charge in [0.25, 0.3) is 0 Å². The van der Waals surface area contributed by atoms with Crippen LogP contribution >= 0.6 is 15.9 Å². The highest BCUT2D eigenvalue weighted by Crippen LogP contribution is 2.35. The van der Waals surface area contributed by atoms with Gasteiger partial charge in [-0.05, 0) is 47.5 Å². The lowest BCUT2D eigenvalue weighted by molar-refractivity contribution is 0.626. The van der Waals surface area contributed by atoms with Gasteiger partial charge in [0, 0.05) is 10.9 Å². The van der Waals surface area contributed by atoms with E-state index in [0.29, 0.717) is 0 Å². The molecule has 0 saturated carbocycles. The van der Waals surface area contributed by atoms with Crippen molar-refractivity contribution in [2.75, 3.05) is 5.32 Å². The molecule has 4 rings (SSSR count). The third-order valence-electron chi connectivity index (χ3n) is 4.34. The molecule has 0 radical (unpaired) electrons. The summed E-state index contributed by atoms with van der Waals surface area (Å²) in [4.78, 5) is 4.90. The molecule has 0 bridgehead atoms. The van der Waals surface area contributed by atoms with E-state index < -0.39 is 0 Å². The Kier molecular flexibility index (Phi) is 4.36. The molecule has 0 aliphatic carbocycles. The summed E-state index contributed by atoms with van der Waals surface area (Å²) < 4.78 is 14.3. The van der Waals surface area contributed by atoms with E-state index in [1.54, 1.807) is 0 Å². The zero-order chi connectivity index (χ0) is 17.2. The van der Waals surface area contributed by atoms with Crippen molar-refractivity contribution >= 4 is 33.0 Å². The van der Waals surface area contributed by atoms with Crippen molar-refractivity contribution in [2.24, 2.45) is 4.99 Å². The molecule has 0 amide bonds. The molecule has 3 aromatic carbocycles. The predicted molar refractivity (Wildman–Crippen MR) is 104 cm³/mol. The number of nitrogens with one attached hydrogen (secondary N) is 1. The van der Waals surface area contributed by atoms with Crippen molar-refractivity contribution in [1.82, 2.24) is 0 Å². The van der Waals surface area contributed by atoms with Gasteiger partial charge in [0.05, 0.1) is 23.1 Å². The summed E-state index contributed by atoms with van der Waals surface area (Å²) in [6.07, 6.45) is 0.724. The van der Waals surface area contributed by atoms with E-state index in [2.05, 4.69) is 33.4 Å². The SMILES string of the molecule is Fc1ccc([C@H]2CC(c3ccc(Br)cc3)=Nc3ccccc3N2)cc1. The van der Waals surface area contributed by atoms with Crippen LogP contribution in [0.3, 0.4) is 0 Å². The summed E-state index contributed by atoms with van der Waals surface area (Å²) in [5.41, 5.74) is 5.06. The van der Waals surface area contributed by atoms with Crippen LogP contribution in [-0.2, 0) is 0 Å². The maximum Gasteiger partial charge on any atom is 0.123 e. The molecule has 1 N–H and O–H groups in total. The molecule has 0 unspecified atom stereocenters. The minimum Gasteiger partial charge on any atom is -0.376 e. The number of rotatable bonds is 2. The molecular weight excluding hydrogens is 379 g/mol. The van der Waals surface area contributed by atoms with E-state index in [1.807, 2.05) is 48.5 Å². The van der Waals surface area contributed by atoms with Crippen molar-refractivity contribution < 1.29 is 4.39 Å². The first-order chi connectivity index (χ1) is 12.2. The molecule has 124 valence electrons. The first-order valence-electron chi connectivity index (χ1n) is 8.13. The minimum absolute atomic E-state index is 0.0339. The maximum absolute atomic E-state index is 13.3. The maximum atomic E-state index is 13.3. The van der Waals surface area contributed by atoms with Crippen molar-refractivity contribution in [2.45, 2.75) is 12.5 Å². The molecule has 25 heavy (non-hydrogen) atoms. The highest BCUT2D eigenvalue weighted by Gasteiger charge is 2.21. The number of nitrogens with zero attached hydrogens (tertiary/aromatic N) is 1. The largest absolute Gasteiger partial charge is 0.376 e. The highest BCUT2D eigenvalue weighted by atomic mass is 79.9. The first-order valence-corrected chi connectivity index (χ1v) is 8.93. The molecule has 1 atom stereocenters. The van der Waals surface area contributed by atoms with Gasteiger partial charge in [-0.25, -0.2) is 4.39 Å². The first kappa shape index (κ1) is 16.0. The Morgan fingerprint density at radius 1 is 0.920 bits per heavy atom. The molecule has 1 heterocycles. The Labute approximate surface area is 154 Å². The van der Waals surface area contributed by atoms with Gasteiger partial charge in [0.1, 0.15) is 5.82 Å². The minimum atomic E-state index is -0.223. The molecule has 2 nitrogen and oxygen atoms in total. The van der Waals surface area contributed by atoms with Crippen molar-refractivity contribution in [3.8, 4) is 0 Å². The van der Waals surface area contributed by atoms with Crippen LogP contribution in [0.2, 0.25) is 0 Å². The number of para-hydroxylation sites is 2. The van der Waals surface area contributed by atoms with Crippen molar-refractivity contribution in [1.29, 1.82) is 0 Å². The molecule has 0 spiro atoms. The second kappa shape index (κ2) is 6.81. The predicted octanol–water partition coefficient (Wildman–Crippen LogP) is 6.27. The van der Waals surface area contributed by atoms with Gasteiger partial charge in [-0.3, -0.25) is 4.99 Å². The number of fused-ring (bicyclic) bond motifs is 1. The lowest BCUT2D eigenvalue weighted by Gasteiger charge is -2.19. The van der Waals surface area contributed by atoms with Crippen molar-refractivity contribution in [3.63, 3.8) is 0 Å². The van der Waals surface area contributed by atoms with Crippen LogP contribution in [-0.4, -0.2) is 5.71 Å². The average molecular weight is 395 g/mol. The summed E-state index contributed by atoms with van der Waals surface area (Å²) in [7, 11) is 0. The van der Waals surface area contributed by atoms with Crippen LogP contribution in [0, 0.1) is 5.82 Å². The van der Waals surface area contributed by atoms with E-state index in [0.717, 1.165) is 39.1 Å². The summed E-state index contributed by atoms with van der Waals surface area (Å²) in [5.74, 6) is -0.223. The second-order valence-corrected chi connectivity index (χ2v) is 6.95. The Bertz CT molecular complexity index is 917. The normalized spacial score (nSPS) is 16.4. The highest BCUT2D eigenvalue weighted by molar-refractivity contribution is 9.10. The number of halogens is 2. The van der Waals surface area contributed by atoms with Gasteiger partial charge in [-0.1, -0.05) is 52.3 Å². The quantitative estimate of drug-likeness (QED) is 0.544. The fourth-order valence-electron chi connectivity index (χ4n) is 3.04. The van der Waals surface area contributed by atoms with Gasteiger partial charge in [0.15, 0.2) is 0 Å². The standard InChI is InChI=1S/C21H16BrFN2/c22-16-9-5-14(6-10-16)20-13-21(15-7-11-17(23)12-8-15)25-19-4-2-1-3-18(19)24-20/h1-12,21,25H,13H2/t21-/m1/s1. The fraction of sp³-hybridized carbons (Fsp3) is 0.0952. The van der Waals surface area contributed by atoms with Crippen LogP contribution in [0.25, 0.3) is 0 Å². The summed E-state index contributed by atoms with van der Waals surface area (Å²) in [5, 5.41) is 3.56. The zero-order valence-corrected chi connectivity index (χ0v) is 15.0. The van der Waals surface area contributed by atoms with Gasteiger partial charge in [-0.2, -0.15) is 0 Å². The second-order valence-electron chi connectivity index (χ2n) is 6.04. The molecule has 1 aliphatic heterocycles. The van der Waals surface area contributed by atoms with Crippen LogP contribution in [0.5, 0.6) is 0 Å². The molecule has 1 aliphatic rings. The van der Waals surface area contributed by atoms with E-state index in [9.17, 15) is 4.39 Å². The summed E-state index contributed by atoms with van der Waals surface area (Å²) in [6, 6.07) is 22.9. The smallest absolute Gasteiger partial charge is 0.123 e. The third kappa shape index (κ3) is 3.49. The summed E-state index contributed by atoms with van der Waals surface area (Å²) >= 11 is 3.48. The number of hydrogen-bond acceptors (Lipinski definition) is 2. The van der Waals surface area contributed by atoms with Crippen LogP contribution in [0.15, 0.2) is 82.3 Å². The van der Waals surface area contributed by atoms with E-state index in [1.165, 1.54) is 12.1 Å². The molecule has 0 saturated heterocycles. The van der Waals surface area contributed by atoms with Gasteiger partial charge < -0.3 is 5.32 Å². The number of benzene rings is 3. The van der Waals surface area contributed by atoms with E-state index in [4.69, 9.17) is 4.99 Å². The average Bonchev–Trinajstić information content (AvgIpc) is 2.82. The Morgan fingerprint density at radius 3 is 2.40 bits per heavy atom. The molecule has 3 aromatic rings. The Morgan fingerprint density at radius 2 is 1.64 bits per heavy atom. The monoisotopic (exact) mass is 394 g/mol. The molecule has 0 aromatic heterocycles. The van der Waals surface area contributed by atoms with E-state index >= 15 is 0 Å². The zero-order valence-electron chi connectivity index (χ0n) is 13.4. The van der Waals surface area contributed by atoms with Gasteiger partial charge in [-0.15, -0.1) is 0 Å². The van der Waals surface area contributed by atoms with Crippen LogP contribution < -0.4 is 5.32 Å². The number of hydrogen-bond donors (Lipinski definition) is 1. The molecule has 0 fully saturated rings. The third-order valence-corrected chi connectivity index (χ3v) is 4.87. The topological polar surface area (TPSA) is 24.4 Å². The van der Waals surface area contributed by atoms with Crippen molar-refractivity contribution in [3.05, 3.63) is 94.2 Å². The van der Waals surface area contributed by atoms with E-state index in [-0.39, 0.29) is 11.9 Å². The lowest BCUT2D eigenvalue weighted by atomic mass is 9.97. The Balaban J connectivity index is 1.78. The number of anilines is 1. The van der Waals surface area contributed by atoms with Crippen LogP contribution in [0.4, 0.5) is 15.8 Å².